The molecule has 0 atom stereocenters. The molecule has 2 rings (SSSR count). The Morgan fingerprint density at radius 3 is 2.38 bits per heavy atom. The van der Waals surface area contributed by atoms with Crippen molar-refractivity contribution in [2.45, 2.75) is 6.92 Å². The Morgan fingerprint density at radius 2 is 1.81 bits per heavy atom. The van der Waals surface area contributed by atoms with Gasteiger partial charge in [0.05, 0.1) is 11.9 Å². The van der Waals surface area contributed by atoms with Gasteiger partial charge in [-0.05, 0) is 13.0 Å². The summed E-state index contributed by atoms with van der Waals surface area (Å²) in [4.78, 5) is 0. The number of nitrogens with zero attached hydrogens (tertiary/aromatic N) is 2. The minimum absolute atomic E-state index is 0.195. The van der Waals surface area contributed by atoms with E-state index in [1.165, 1.54) is 5.56 Å². The summed E-state index contributed by atoms with van der Waals surface area (Å²) in [5, 5.41) is 8.05. The van der Waals surface area contributed by atoms with Gasteiger partial charge in [-0.1, -0.05) is 29.8 Å². The minimum Gasteiger partial charge on any atom is -0.475 e. The average molecular weight is 307 g/mol. The number of rotatable bonds is 6. The zero-order valence-corrected chi connectivity index (χ0v) is 12.7. The van der Waals surface area contributed by atoms with Gasteiger partial charge in [-0.25, -0.2) is 13.1 Å². The van der Waals surface area contributed by atoms with E-state index in [0.29, 0.717) is 5.88 Å². The second kappa shape index (κ2) is 6.64. The Balaban J connectivity index is 1.91. The highest BCUT2D eigenvalue weighted by molar-refractivity contribution is 7.88. The van der Waals surface area contributed by atoms with Crippen LogP contribution >= 0.6 is 0 Å². The molecule has 0 unspecified atom stereocenters. The lowest BCUT2D eigenvalue weighted by Gasteiger charge is -2.06. The molecule has 0 saturated heterocycles. The molecule has 0 aliphatic rings. The minimum atomic E-state index is -3.19. The summed E-state index contributed by atoms with van der Waals surface area (Å²) < 4.78 is 29.4. The lowest BCUT2D eigenvalue weighted by atomic mass is 10.1. The van der Waals surface area contributed by atoms with E-state index in [1.54, 1.807) is 6.07 Å². The van der Waals surface area contributed by atoms with Crippen molar-refractivity contribution in [1.82, 2.24) is 14.9 Å². The molecular formula is C14H17N3O3S. The zero-order chi connectivity index (χ0) is 15.3. The first-order valence-electron chi connectivity index (χ1n) is 6.42. The molecule has 7 heteroatoms. The number of benzene rings is 1. The molecule has 0 bridgehead atoms. The van der Waals surface area contributed by atoms with Gasteiger partial charge in [-0.2, -0.15) is 0 Å². The van der Waals surface area contributed by atoms with Crippen LogP contribution in [0.15, 0.2) is 36.4 Å². The van der Waals surface area contributed by atoms with Gasteiger partial charge in [-0.15, -0.1) is 10.2 Å². The Kier molecular flexibility index (Phi) is 4.87. The average Bonchev–Trinajstić information content (AvgIpc) is 2.44. The molecule has 0 aliphatic carbocycles. The lowest BCUT2D eigenvalue weighted by Crippen LogP contribution is -2.27. The summed E-state index contributed by atoms with van der Waals surface area (Å²) in [6, 6.07) is 11.5. The van der Waals surface area contributed by atoms with Gasteiger partial charge in [0, 0.05) is 18.2 Å². The second-order valence-electron chi connectivity index (χ2n) is 4.64. The molecule has 6 nitrogen and oxygen atoms in total. The summed E-state index contributed by atoms with van der Waals surface area (Å²) in [7, 11) is -3.19. The highest BCUT2D eigenvalue weighted by atomic mass is 32.2. The van der Waals surface area contributed by atoms with Crippen molar-refractivity contribution in [3.63, 3.8) is 0 Å². The maximum atomic E-state index is 10.9. The van der Waals surface area contributed by atoms with E-state index in [0.717, 1.165) is 17.5 Å². The van der Waals surface area contributed by atoms with Crippen molar-refractivity contribution in [2.24, 2.45) is 0 Å². The van der Waals surface area contributed by atoms with Crippen LogP contribution < -0.4 is 9.46 Å². The molecule has 2 aromatic rings. The first-order chi connectivity index (χ1) is 9.94. The van der Waals surface area contributed by atoms with Crippen LogP contribution in [-0.4, -0.2) is 38.0 Å². The van der Waals surface area contributed by atoms with Crippen molar-refractivity contribution >= 4 is 10.0 Å². The molecule has 0 saturated carbocycles. The largest absolute Gasteiger partial charge is 0.475 e. The van der Waals surface area contributed by atoms with Gasteiger partial charge in [0.1, 0.15) is 6.61 Å². The second-order valence-corrected chi connectivity index (χ2v) is 6.47. The van der Waals surface area contributed by atoms with Crippen molar-refractivity contribution in [1.29, 1.82) is 0 Å². The highest BCUT2D eigenvalue weighted by Gasteiger charge is 2.03. The molecule has 21 heavy (non-hydrogen) atoms. The number of ether oxygens (including phenoxy) is 1. The molecule has 0 aliphatic heterocycles. The Morgan fingerprint density at radius 1 is 1.10 bits per heavy atom. The predicted molar refractivity (Wildman–Crippen MR) is 80.5 cm³/mol. The smallest absolute Gasteiger partial charge is 0.233 e. The van der Waals surface area contributed by atoms with Crippen LogP contribution in [-0.2, 0) is 10.0 Å². The lowest BCUT2D eigenvalue weighted by molar-refractivity contribution is 0.307. The first-order valence-corrected chi connectivity index (χ1v) is 8.31. The normalized spacial score (nSPS) is 11.3. The summed E-state index contributed by atoms with van der Waals surface area (Å²) in [5.74, 6) is 0.362. The molecule has 0 amide bonds. The predicted octanol–water partition coefficient (Wildman–Crippen LogP) is 1.38. The van der Waals surface area contributed by atoms with Crippen molar-refractivity contribution in [3.05, 3.63) is 42.0 Å². The summed E-state index contributed by atoms with van der Waals surface area (Å²) >= 11 is 0. The van der Waals surface area contributed by atoms with Gasteiger partial charge in [0.25, 0.3) is 0 Å². The van der Waals surface area contributed by atoms with Crippen LogP contribution in [0.2, 0.25) is 0 Å². The van der Waals surface area contributed by atoms with Gasteiger partial charge >= 0.3 is 0 Å². The monoisotopic (exact) mass is 307 g/mol. The van der Waals surface area contributed by atoms with Crippen LogP contribution in [0.3, 0.4) is 0 Å². The Hall–Kier alpha value is -1.99. The fourth-order valence-electron chi connectivity index (χ4n) is 1.66. The molecular weight excluding hydrogens is 290 g/mol. The van der Waals surface area contributed by atoms with Gasteiger partial charge in [0.2, 0.25) is 15.9 Å². The van der Waals surface area contributed by atoms with Crippen LogP contribution in [0.4, 0.5) is 0 Å². The van der Waals surface area contributed by atoms with E-state index in [9.17, 15) is 8.42 Å². The molecule has 1 aromatic carbocycles. The zero-order valence-electron chi connectivity index (χ0n) is 11.9. The molecule has 112 valence electrons. The van der Waals surface area contributed by atoms with E-state index in [1.807, 2.05) is 37.3 Å². The van der Waals surface area contributed by atoms with E-state index in [2.05, 4.69) is 14.9 Å². The summed E-state index contributed by atoms with van der Waals surface area (Å²) in [5.41, 5.74) is 2.93. The van der Waals surface area contributed by atoms with Crippen LogP contribution in [0.1, 0.15) is 5.56 Å². The molecule has 1 aromatic heterocycles. The third-order valence-corrected chi connectivity index (χ3v) is 3.43. The Bertz CT molecular complexity index is 682. The molecule has 1 heterocycles. The van der Waals surface area contributed by atoms with E-state index in [-0.39, 0.29) is 13.2 Å². The van der Waals surface area contributed by atoms with E-state index >= 15 is 0 Å². The maximum absolute atomic E-state index is 10.9. The van der Waals surface area contributed by atoms with Crippen LogP contribution in [0.25, 0.3) is 11.3 Å². The number of hydrogen-bond donors (Lipinski definition) is 1. The van der Waals surface area contributed by atoms with Crippen molar-refractivity contribution in [2.75, 3.05) is 19.4 Å². The summed E-state index contributed by atoms with van der Waals surface area (Å²) in [6.07, 6.45) is 1.10. The number of nitrogens with one attached hydrogen (secondary N) is 1. The standard InChI is InChI=1S/C14H17N3O3S/c1-11-3-5-12(6-4-11)13-7-8-14(17-16-13)20-10-9-15-21(2,18)19/h3-8,15H,9-10H2,1-2H3. The quantitative estimate of drug-likeness (QED) is 0.815. The molecule has 0 spiro atoms. The van der Waals surface area contributed by atoms with Gasteiger partial charge in [0.15, 0.2) is 0 Å². The number of aryl methyl sites for hydroxylation is 1. The first kappa shape index (κ1) is 15.4. The number of hydrogen-bond acceptors (Lipinski definition) is 5. The third-order valence-electron chi connectivity index (χ3n) is 2.70. The van der Waals surface area contributed by atoms with Crippen molar-refractivity contribution < 1.29 is 13.2 Å². The highest BCUT2D eigenvalue weighted by Crippen LogP contribution is 2.18. The molecule has 1 N–H and O–H groups in total. The fraction of sp³-hybridized carbons (Fsp3) is 0.286. The maximum Gasteiger partial charge on any atom is 0.233 e. The Labute approximate surface area is 124 Å². The van der Waals surface area contributed by atoms with Gasteiger partial charge in [-0.3, -0.25) is 0 Å². The fourth-order valence-corrected chi connectivity index (χ4v) is 2.11. The SMILES string of the molecule is Cc1ccc(-c2ccc(OCCNS(C)(=O)=O)nn2)cc1. The van der Waals surface area contributed by atoms with Gasteiger partial charge < -0.3 is 4.74 Å². The van der Waals surface area contributed by atoms with Crippen LogP contribution in [0, 0.1) is 6.92 Å². The summed E-state index contributed by atoms with van der Waals surface area (Å²) in [6.45, 7) is 2.42. The third kappa shape index (κ3) is 5.13. The van der Waals surface area contributed by atoms with Crippen molar-refractivity contribution in [3.8, 4) is 17.1 Å². The van der Waals surface area contributed by atoms with E-state index < -0.39 is 10.0 Å². The molecule has 0 fully saturated rings. The topological polar surface area (TPSA) is 81.2 Å². The van der Waals surface area contributed by atoms with E-state index in [4.69, 9.17) is 4.74 Å². The molecule has 0 radical (unpaired) electrons. The number of sulfonamides is 1. The number of aromatic nitrogens is 2. The van der Waals surface area contributed by atoms with Crippen LogP contribution in [0.5, 0.6) is 5.88 Å².